The highest BCUT2D eigenvalue weighted by atomic mass is 15.2. The van der Waals surface area contributed by atoms with E-state index >= 15 is 0 Å². The lowest BCUT2D eigenvalue weighted by atomic mass is 10.0. The molecule has 1 fully saturated rings. The monoisotopic (exact) mass is 212 g/mol. The summed E-state index contributed by atoms with van der Waals surface area (Å²) in [7, 11) is 0. The van der Waals surface area contributed by atoms with Gasteiger partial charge < -0.3 is 5.32 Å². The summed E-state index contributed by atoms with van der Waals surface area (Å²) in [5.74, 6) is 0. The largest absolute Gasteiger partial charge is 0.315 e. The van der Waals surface area contributed by atoms with Crippen LogP contribution in [0.5, 0.6) is 0 Å². The molecule has 0 aromatic rings. The lowest BCUT2D eigenvalue weighted by molar-refractivity contribution is 0.110. The van der Waals surface area contributed by atoms with E-state index in [1.54, 1.807) is 0 Å². The summed E-state index contributed by atoms with van der Waals surface area (Å²) in [6.07, 6.45) is 6.81. The number of rotatable bonds is 6. The van der Waals surface area contributed by atoms with Crippen molar-refractivity contribution in [3.05, 3.63) is 0 Å². The van der Waals surface area contributed by atoms with Crippen LogP contribution in [0.4, 0.5) is 0 Å². The minimum Gasteiger partial charge on any atom is -0.315 e. The van der Waals surface area contributed by atoms with E-state index in [2.05, 4.69) is 31.0 Å². The van der Waals surface area contributed by atoms with Gasteiger partial charge in [-0.05, 0) is 46.2 Å². The van der Waals surface area contributed by atoms with Gasteiger partial charge in [0.2, 0.25) is 0 Å². The Balaban J connectivity index is 2.23. The Labute approximate surface area is 95.4 Å². The number of nitrogens with zero attached hydrogens (tertiary/aromatic N) is 1. The average Bonchev–Trinajstić information content (AvgIpc) is 2.25. The summed E-state index contributed by atoms with van der Waals surface area (Å²) in [6.45, 7) is 10.6. The first-order valence-corrected chi connectivity index (χ1v) is 6.72. The molecule has 0 aromatic carbocycles. The van der Waals surface area contributed by atoms with Crippen molar-refractivity contribution in [3.63, 3.8) is 0 Å². The van der Waals surface area contributed by atoms with Crippen molar-refractivity contribution in [1.29, 1.82) is 0 Å². The van der Waals surface area contributed by atoms with E-state index < -0.39 is 0 Å². The molecular weight excluding hydrogens is 184 g/mol. The zero-order valence-corrected chi connectivity index (χ0v) is 10.8. The van der Waals surface area contributed by atoms with Crippen molar-refractivity contribution in [2.24, 2.45) is 0 Å². The van der Waals surface area contributed by atoms with Crippen LogP contribution in [0.3, 0.4) is 0 Å². The molecule has 0 saturated carbocycles. The van der Waals surface area contributed by atoms with E-state index in [0.29, 0.717) is 6.04 Å². The Kier molecular flexibility index (Phi) is 6.26. The molecule has 1 aliphatic heterocycles. The summed E-state index contributed by atoms with van der Waals surface area (Å²) < 4.78 is 0. The molecule has 90 valence electrons. The predicted octanol–water partition coefficient (Wildman–Crippen LogP) is 2.64. The number of likely N-dealkylation sites (tertiary alicyclic amines) is 1. The van der Waals surface area contributed by atoms with Crippen molar-refractivity contribution in [3.8, 4) is 0 Å². The van der Waals surface area contributed by atoms with Crippen molar-refractivity contribution in [1.82, 2.24) is 10.2 Å². The Morgan fingerprint density at radius 2 is 2.13 bits per heavy atom. The maximum absolute atomic E-state index is 3.60. The Morgan fingerprint density at radius 1 is 1.33 bits per heavy atom. The smallest absolute Gasteiger partial charge is 0.0223 e. The first kappa shape index (κ1) is 13.0. The fourth-order valence-corrected chi connectivity index (χ4v) is 2.49. The molecule has 1 rings (SSSR count). The molecule has 1 atom stereocenters. The molecule has 2 heteroatoms. The molecule has 1 saturated heterocycles. The number of unbranched alkanes of at least 4 members (excludes halogenated alkanes) is 1. The van der Waals surface area contributed by atoms with Crippen LogP contribution in [0.15, 0.2) is 0 Å². The van der Waals surface area contributed by atoms with Gasteiger partial charge in [-0.3, -0.25) is 4.90 Å². The van der Waals surface area contributed by atoms with Gasteiger partial charge in [0.05, 0.1) is 0 Å². The standard InChI is InChI=1S/C13H28N2/c1-4-5-9-14-11-13-8-6-7-10-15(13)12(2)3/h12-14H,4-11H2,1-3H3. The number of nitrogens with one attached hydrogen (secondary N) is 1. The molecule has 0 amide bonds. The van der Waals surface area contributed by atoms with Gasteiger partial charge in [0.25, 0.3) is 0 Å². The van der Waals surface area contributed by atoms with Crippen LogP contribution < -0.4 is 5.32 Å². The summed E-state index contributed by atoms with van der Waals surface area (Å²) in [6, 6.07) is 1.50. The number of hydrogen-bond acceptors (Lipinski definition) is 2. The van der Waals surface area contributed by atoms with Crippen molar-refractivity contribution in [2.75, 3.05) is 19.6 Å². The van der Waals surface area contributed by atoms with Crippen LogP contribution in [0, 0.1) is 0 Å². The molecule has 1 N–H and O–H groups in total. The van der Waals surface area contributed by atoms with Crippen LogP contribution in [0.2, 0.25) is 0 Å². The molecule has 1 unspecified atom stereocenters. The van der Waals surface area contributed by atoms with E-state index in [-0.39, 0.29) is 0 Å². The van der Waals surface area contributed by atoms with E-state index in [0.717, 1.165) is 6.04 Å². The third kappa shape index (κ3) is 4.52. The second-order valence-corrected chi connectivity index (χ2v) is 5.04. The van der Waals surface area contributed by atoms with Gasteiger partial charge in [-0.15, -0.1) is 0 Å². The Morgan fingerprint density at radius 3 is 2.80 bits per heavy atom. The van der Waals surface area contributed by atoms with E-state index in [1.807, 2.05) is 0 Å². The van der Waals surface area contributed by atoms with Gasteiger partial charge in [-0.25, -0.2) is 0 Å². The highest BCUT2D eigenvalue weighted by Gasteiger charge is 2.23. The maximum Gasteiger partial charge on any atom is 0.0223 e. The summed E-state index contributed by atoms with van der Waals surface area (Å²) in [5, 5.41) is 3.60. The van der Waals surface area contributed by atoms with Crippen molar-refractivity contribution in [2.45, 2.75) is 65.0 Å². The maximum atomic E-state index is 3.60. The van der Waals surface area contributed by atoms with Gasteiger partial charge in [0, 0.05) is 18.6 Å². The summed E-state index contributed by atoms with van der Waals surface area (Å²) in [4.78, 5) is 2.67. The summed E-state index contributed by atoms with van der Waals surface area (Å²) >= 11 is 0. The summed E-state index contributed by atoms with van der Waals surface area (Å²) in [5.41, 5.74) is 0. The lowest BCUT2D eigenvalue weighted by Crippen LogP contribution is -2.48. The Hall–Kier alpha value is -0.0800. The zero-order chi connectivity index (χ0) is 11.1. The quantitative estimate of drug-likeness (QED) is 0.681. The van der Waals surface area contributed by atoms with E-state index in [4.69, 9.17) is 0 Å². The Bertz CT molecular complexity index is 157. The number of piperidine rings is 1. The van der Waals surface area contributed by atoms with Crippen LogP contribution in [0.1, 0.15) is 52.9 Å². The predicted molar refractivity (Wildman–Crippen MR) is 67.3 cm³/mol. The van der Waals surface area contributed by atoms with Crippen LogP contribution in [-0.4, -0.2) is 36.6 Å². The molecular formula is C13H28N2. The van der Waals surface area contributed by atoms with E-state index in [9.17, 15) is 0 Å². The first-order valence-electron chi connectivity index (χ1n) is 6.72. The topological polar surface area (TPSA) is 15.3 Å². The van der Waals surface area contributed by atoms with Gasteiger partial charge in [0.1, 0.15) is 0 Å². The van der Waals surface area contributed by atoms with E-state index in [1.165, 1.54) is 51.7 Å². The SMILES string of the molecule is CCCCNCC1CCCCN1C(C)C. The highest BCUT2D eigenvalue weighted by molar-refractivity contribution is 4.80. The molecule has 2 nitrogen and oxygen atoms in total. The van der Waals surface area contributed by atoms with Gasteiger partial charge in [-0.2, -0.15) is 0 Å². The molecule has 15 heavy (non-hydrogen) atoms. The minimum atomic E-state index is 0.711. The van der Waals surface area contributed by atoms with Crippen LogP contribution in [0.25, 0.3) is 0 Å². The third-order valence-electron chi connectivity index (χ3n) is 3.42. The molecule has 0 radical (unpaired) electrons. The highest BCUT2D eigenvalue weighted by Crippen LogP contribution is 2.18. The first-order chi connectivity index (χ1) is 7.25. The molecule has 0 aromatic heterocycles. The fourth-order valence-electron chi connectivity index (χ4n) is 2.49. The fraction of sp³-hybridized carbons (Fsp3) is 1.00. The van der Waals surface area contributed by atoms with Crippen LogP contribution in [-0.2, 0) is 0 Å². The van der Waals surface area contributed by atoms with Gasteiger partial charge in [0.15, 0.2) is 0 Å². The number of hydrogen-bond donors (Lipinski definition) is 1. The zero-order valence-electron chi connectivity index (χ0n) is 10.8. The normalized spacial score (nSPS) is 23.6. The van der Waals surface area contributed by atoms with Gasteiger partial charge in [-0.1, -0.05) is 19.8 Å². The van der Waals surface area contributed by atoms with Crippen molar-refractivity contribution < 1.29 is 0 Å². The second kappa shape index (κ2) is 7.24. The third-order valence-corrected chi connectivity index (χ3v) is 3.42. The molecule has 1 aliphatic rings. The van der Waals surface area contributed by atoms with Crippen LogP contribution >= 0.6 is 0 Å². The molecule has 0 bridgehead atoms. The van der Waals surface area contributed by atoms with Crippen molar-refractivity contribution >= 4 is 0 Å². The molecule has 0 spiro atoms. The molecule has 1 heterocycles. The lowest BCUT2D eigenvalue weighted by Gasteiger charge is -2.38. The van der Waals surface area contributed by atoms with Gasteiger partial charge >= 0.3 is 0 Å². The average molecular weight is 212 g/mol. The molecule has 0 aliphatic carbocycles. The second-order valence-electron chi connectivity index (χ2n) is 5.04. The minimum absolute atomic E-state index is 0.711.